The predicted molar refractivity (Wildman–Crippen MR) is 123 cm³/mol. The summed E-state index contributed by atoms with van der Waals surface area (Å²) in [5.74, 6) is 1.19. The summed E-state index contributed by atoms with van der Waals surface area (Å²) in [7, 11) is 0. The second-order valence-electron chi connectivity index (χ2n) is 9.72. The lowest BCUT2D eigenvalue weighted by molar-refractivity contribution is -0.134. The molecule has 5 rings (SSSR count). The lowest BCUT2D eigenvalue weighted by Gasteiger charge is -2.35. The highest BCUT2D eigenvalue weighted by Crippen LogP contribution is 2.56. The zero-order valence-electron chi connectivity index (χ0n) is 18.4. The molecule has 5 atom stereocenters. The molecular weight excluding hydrogens is 384 g/mol. The van der Waals surface area contributed by atoms with Gasteiger partial charge in [0, 0.05) is 36.2 Å². The Balaban J connectivity index is 1.53. The Kier molecular flexibility index (Phi) is 5.09. The Morgan fingerprint density at radius 2 is 1.84 bits per heavy atom. The van der Waals surface area contributed by atoms with Crippen LogP contribution in [0.1, 0.15) is 49.4 Å². The van der Waals surface area contributed by atoms with Crippen LogP contribution in [0, 0.1) is 23.2 Å². The highest BCUT2D eigenvalue weighted by atomic mass is 16.2. The van der Waals surface area contributed by atoms with Crippen LogP contribution in [0.4, 0.5) is 0 Å². The fourth-order valence-corrected chi connectivity index (χ4v) is 6.54. The third-order valence-electron chi connectivity index (χ3n) is 7.66. The number of amides is 1. The van der Waals surface area contributed by atoms with Crippen molar-refractivity contribution in [3.05, 3.63) is 71.3 Å². The summed E-state index contributed by atoms with van der Waals surface area (Å²) in [5, 5.41) is 7.70. The van der Waals surface area contributed by atoms with Crippen molar-refractivity contribution in [3.8, 4) is 0 Å². The summed E-state index contributed by atoms with van der Waals surface area (Å²) in [6.45, 7) is 6.30. The maximum absolute atomic E-state index is 13.9. The minimum Gasteiger partial charge on any atom is -0.384 e. The molecule has 0 spiro atoms. The topological polar surface area (TPSA) is 73.4 Å². The summed E-state index contributed by atoms with van der Waals surface area (Å²) in [6.07, 6.45) is 2.38. The fourth-order valence-electron chi connectivity index (χ4n) is 6.54. The summed E-state index contributed by atoms with van der Waals surface area (Å²) < 4.78 is 0. The van der Waals surface area contributed by atoms with Gasteiger partial charge in [-0.25, -0.2) is 0 Å². The molecule has 3 N–H and O–H groups in total. The molecule has 0 bridgehead atoms. The first-order valence-corrected chi connectivity index (χ1v) is 11.5. The number of nitrogens with zero attached hydrogens (tertiary/aromatic N) is 2. The average molecular weight is 417 g/mol. The Hall–Kier alpha value is -2.66. The lowest BCUT2D eigenvalue weighted by Crippen LogP contribution is -2.44. The molecule has 1 amide bonds. The van der Waals surface area contributed by atoms with Crippen molar-refractivity contribution in [2.24, 2.45) is 23.5 Å². The Labute approximate surface area is 184 Å². The normalized spacial score (nSPS) is 30.1. The van der Waals surface area contributed by atoms with Gasteiger partial charge in [-0.2, -0.15) is 0 Å². The van der Waals surface area contributed by atoms with E-state index in [4.69, 9.17) is 11.1 Å². The molecular formula is C26H32N4O. The summed E-state index contributed by atoms with van der Waals surface area (Å²) >= 11 is 0. The number of carbonyl (C=O) groups excluding carboxylic acids is 1. The van der Waals surface area contributed by atoms with E-state index < -0.39 is 0 Å². The van der Waals surface area contributed by atoms with Crippen molar-refractivity contribution in [3.63, 3.8) is 0 Å². The second kappa shape index (κ2) is 7.79. The smallest absolute Gasteiger partial charge is 0.228 e. The third-order valence-corrected chi connectivity index (χ3v) is 7.66. The number of amidine groups is 1. The highest BCUT2D eigenvalue weighted by Gasteiger charge is 2.62. The number of benzene rings is 2. The van der Waals surface area contributed by atoms with Crippen LogP contribution in [0.3, 0.4) is 0 Å². The first kappa shape index (κ1) is 20.3. The van der Waals surface area contributed by atoms with E-state index in [2.05, 4.69) is 60.0 Å². The van der Waals surface area contributed by atoms with E-state index in [-0.39, 0.29) is 23.8 Å². The molecule has 2 aromatic rings. The van der Waals surface area contributed by atoms with Crippen LogP contribution in [0.5, 0.6) is 0 Å². The van der Waals surface area contributed by atoms with Crippen molar-refractivity contribution in [2.75, 3.05) is 6.54 Å². The monoisotopic (exact) mass is 416 g/mol. The molecule has 3 aliphatic heterocycles. The third kappa shape index (κ3) is 3.26. The molecule has 3 fully saturated rings. The van der Waals surface area contributed by atoms with Crippen LogP contribution in [-0.4, -0.2) is 40.2 Å². The molecule has 0 radical (unpaired) electrons. The van der Waals surface area contributed by atoms with Gasteiger partial charge in [0.15, 0.2) is 0 Å². The van der Waals surface area contributed by atoms with Crippen LogP contribution in [0.25, 0.3) is 0 Å². The minimum atomic E-state index is 0.00425. The van der Waals surface area contributed by atoms with Gasteiger partial charge in [-0.15, -0.1) is 0 Å². The molecule has 31 heavy (non-hydrogen) atoms. The van der Waals surface area contributed by atoms with Gasteiger partial charge in [0.25, 0.3) is 0 Å². The number of nitrogens with one attached hydrogen (secondary N) is 1. The second-order valence-corrected chi connectivity index (χ2v) is 9.72. The van der Waals surface area contributed by atoms with Crippen LogP contribution in [0.2, 0.25) is 0 Å². The van der Waals surface area contributed by atoms with E-state index in [9.17, 15) is 4.79 Å². The quantitative estimate of drug-likeness (QED) is 0.575. The predicted octanol–water partition coefficient (Wildman–Crippen LogP) is 3.79. The van der Waals surface area contributed by atoms with Gasteiger partial charge in [-0.05, 0) is 36.4 Å². The SMILES string of the molecule is CC(C)[C@@H]1[C@H]2C3CCCN3[C@@H](c3ccc(C(=N)N)cc3)[C@H]2C(=O)N1Cc1ccccc1. The van der Waals surface area contributed by atoms with E-state index in [1.54, 1.807) is 0 Å². The van der Waals surface area contributed by atoms with Gasteiger partial charge in [0.05, 0.1) is 5.92 Å². The number of nitrogens with two attached hydrogens (primary N) is 1. The average Bonchev–Trinajstić information content (AvgIpc) is 3.41. The van der Waals surface area contributed by atoms with Crippen LogP contribution >= 0.6 is 0 Å². The van der Waals surface area contributed by atoms with E-state index in [0.29, 0.717) is 30.3 Å². The molecule has 162 valence electrons. The number of nitrogen functional groups attached to an aromatic ring is 1. The van der Waals surface area contributed by atoms with Gasteiger partial charge < -0.3 is 10.6 Å². The molecule has 3 aliphatic rings. The maximum Gasteiger partial charge on any atom is 0.228 e. The van der Waals surface area contributed by atoms with Crippen molar-refractivity contribution in [1.82, 2.24) is 9.80 Å². The van der Waals surface area contributed by atoms with E-state index in [1.165, 1.54) is 24.0 Å². The van der Waals surface area contributed by atoms with Gasteiger partial charge in [0.2, 0.25) is 5.91 Å². The van der Waals surface area contributed by atoms with Gasteiger partial charge in [-0.1, -0.05) is 68.4 Å². The van der Waals surface area contributed by atoms with E-state index >= 15 is 0 Å². The highest BCUT2D eigenvalue weighted by molar-refractivity contribution is 5.95. The number of fused-ring (bicyclic) bond motifs is 3. The van der Waals surface area contributed by atoms with Crippen LogP contribution < -0.4 is 5.73 Å². The van der Waals surface area contributed by atoms with Gasteiger partial charge in [-0.3, -0.25) is 15.1 Å². The lowest BCUT2D eigenvalue weighted by atomic mass is 9.79. The summed E-state index contributed by atoms with van der Waals surface area (Å²) in [6, 6.07) is 19.3. The Morgan fingerprint density at radius 3 is 2.48 bits per heavy atom. The Bertz CT molecular complexity index is 971. The van der Waals surface area contributed by atoms with Crippen LogP contribution in [-0.2, 0) is 11.3 Å². The van der Waals surface area contributed by atoms with Gasteiger partial charge >= 0.3 is 0 Å². The van der Waals surface area contributed by atoms with Crippen LogP contribution in [0.15, 0.2) is 54.6 Å². The molecule has 5 heteroatoms. The number of carbonyl (C=O) groups is 1. The molecule has 0 aromatic heterocycles. The molecule has 1 unspecified atom stereocenters. The molecule has 3 saturated heterocycles. The van der Waals surface area contributed by atoms with E-state index in [1.807, 2.05) is 18.2 Å². The van der Waals surface area contributed by atoms with Gasteiger partial charge in [0.1, 0.15) is 5.84 Å². The standard InChI is InChI=1S/C26H32N4O/c1-16(2)23-21-20-9-6-14-29(20)24(18-10-12-19(13-11-18)25(27)28)22(21)26(31)30(23)15-17-7-4-3-5-8-17/h3-5,7-8,10-13,16,20-24H,6,9,14-15H2,1-2H3,(H3,27,28)/t20?,21-,22-,23+,24-/m0/s1. The zero-order chi connectivity index (χ0) is 21.7. The van der Waals surface area contributed by atoms with E-state index in [0.717, 1.165) is 12.1 Å². The summed E-state index contributed by atoms with van der Waals surface area (Å²) in [5.41, 5.74) is 8.78. The minimum absolute atomic E-state index is 0.00425. The summed E-state index contributed by atoms with van der Waals surface area (Å²) in [4.78, 5) is 18.7. The molecule has 0 aliphatic carbocycles. The van der Waals surface area contributed by atoms with Crippen molar-refractivity contribution in [2.45, 2.75) is 51.4 Å². The number of rotatable bonds is 5. The van der Waals surface area contributed by atoms with Crippen molar-refractivity contribution in [1.29, 1.82) is 5.41 Å². The zero-order valence-corrected chi connectivity index (χ0v) is 18.4. The molecule has 5 nitrogen and oxygen atoms in total. The maximum atomic E-state index is 13.9. The fraction of sp³-hybridized carbons (Fsp3) is 0.462. The van der Waals surface area contributed by atoms with Crippen molar-refractivity contribution >= 4 is 11.7 Å². The largest absolute Gasteiger partial charge is 0.384 e. The number of likely N-dealkylation sites (tertiary alicyclic amines) is 1. The molecule has 2 aromatic carbocycles. The molecule has 0 saturated carbocycles. The molecule has 3 heterocycles. The number of hydrogen-bond acceptors (Lipinski definition) is 3. The number of hydrogen-bond donors (Lipinski definition) is 2. The first-order chi connectivity index (χ1) is 15.0. The Morgan fingerprint density at radius 1 is 1.13 bits per heavy atom. The first-order valence-electron chi connectivity index (χ1n) is 11.5. The van der Waals surface area contributed by atoms with Crippen molar-refractivity contribution < 1.29 is 4.79 Å².